The molecule has 0 fully saturated rings. The molecule has 0 radical (unpaired) electrons. The lowest BCUT2D eigenvalue weighted by molar-refractivity contribution is 0.0125. The van der Waals surface area contributed by atoms with E-state index in [1.54, 1.807) is 0 Å². The van der Waals surface area contributed by atoms with Gasteiger partial charge in [0.25, 0.3) is 0 Å². The van der Waals surface area contributed by atoms with Crippen molar-refractivity contribution in [1.29, 1.82) is 0 Å². The van der Waals surface area contributed by atoms with Crippen LogP contribution in [0.3, 0.4) is 0 Å². The van der Waals surface area contributed by atoms with E-state index in [0.717, 1.165) is 24.6 Å². The van der Waals surface area contributed by atoms with Crippen molar-refractivity contribution in [3.63, 3.8) is 0 Å². The average molecular weight is 263 g/mol. The van der Waals surface area contributed by atoms with E-state index in [1.807, 2.05) is 37.3 Å². The quantitative estimate of drug-likeness (QED) is 0.774. The Morgan fingerprint density at radius 3 is 2.16 bits per heavy atom. The Morgan fingerprint density at radius 2 is 1.68 bits per heavy atom. The summed E-state index contributed by atoms with van der Waals surface area (Å²) in [6.07, 6.45) is 2.42. The number of aliphatic hydroxyl groups is 1. The molecule has 0 saturated carbocycles. The molecule has 1 N–H and O–H groups in total. The van der Waals surface area contributed by atoms with Crippen molar-refractivity contribution in [3.8, 4) is 0 Å². The molecule has 0 spiro atoms. The number of benzene rings is 1. The third-order valence-corrected chi connectivity index (χ3v) is 4.05. The summed E-state index contributed by atoms with van der Waals surface area (Å²) in [7, 11) is 0. The Kier molecular flexibility index (Phi) is 6.53. The molecule has 1 unspecified atom stereocenters. The summed E-state index contributed by atoms with van der Waals surface area (Å²) in [6.45, 7) is 11.3. The maximum absolute atomic E-state index is 10.7. The number of hydrogen-bond donors (Lipinski definition) is 1. The molecule has 108 valence electrons. The van der Waals surface area contributed by atoms with Gasteiger partial charge < -0.3 is 10.0 Å². The summed E-state index contributed by atoms with van der Waals surface area (Å²) in [5.41, 5.74) is 0.224. The van der Waals surface area contributed by atoms with Gasteiger partial charge in [-0.05, 0) is 24.9 Å². The Balaban J connectivity index is 2.69. The van der Waals surface area contributed by atoms with Crippen LogP contribution in [0.2, 0.25) is 0 Å². The van der Waals surface area contributed by atoms with Crippen molar-refractivity contribution in [2.75, 3.05) is 19.6 Å². The fourth-order valence-corrected chi connectivity index (χ4v) is 2.54. The molecule has 2 nitrogen and oxygen atoms in total. The van der Waals surface area contributed by atoms with Crippen LogP contribution in [0.15, 0.2) is 30.3 Å². The minimum absolute atomic E-state index is 0.698. The molecule has 0 aliphatic heterocycles. The first-order valence-corrected chi connectivity index (χ1v) is 7.53. The Labute approximate surface area is 118 Å². The standard InChI is InChI=1S/C17H29NO/c1-5-15(6-2)13-18(7-3)14-17(4,19)16-11-9-8-10-12-16/h8-12,15,19H,5-7,13-14H2,1-4H3. The predicted octanol–water partition coefficient (Wildman–Crippen LogP) is 3.65. The summed E-state index contributed by atoms with van der Waals surface area (Å²) in [4.78, 5) is 2.37. The molecule has 1 aromatic carbocycles. The molecule has 0 aromatic heterocycles. The van der Waals surface area contributed by atoms with E-state index in [-0.39, 0.29) is 0 Å². The maximum Gasteiger partial charge on any atom is 0.0994 e. The van der Waals surface area contributed by atoms with Gasteiger partial charge in [-0.1, -0.05) is 63.9 Å². The van der Waals surface area contributed by atoms with Gasteiger partial charge in [0.2, 0.25) is 0 Å². The summed E-state index contributed by atoms with van der Waals surface area (Å²) in [5, 5.41) is 10.7. The predicted molar refractivity (Wildman–Crippen MR) is 82.2 cm³/mol. The van der Waals surface area contributed by atoms with Crippen LogP contribution in [-0.2, 0) is 5.60 Å². The van der Waals surface area contributed by atoms with Crippen LogP contribution in [0.25, 0.3) is 0 Å². The maximum atomic E-state index is 10.7. The van der Waals surface area contributed by atoms with Gasteiger partial charge in [-0.3, -0.25) is 0 Å². The number of likely N-dealkylation sites (N-methyl/N-ethyl adjacent to an activating group) is 1. The van der Waals surface area contributed by atoms with Crippen LogP contribution >= 0.6 is 0 Å². The van der Waals surface area contributed by atoms with E-state index in [0.29, 0.717) is 6.54 Å². The molecule has 0 saturated heterocycles. The lowest BCUT2D eigenvalue weighted by Crippen LogP contribution is -2.41. The van der Waals surface area contributed by atoms with Crippen LogP contribution < -0.4 is 0 Å². The minimum atomic E-state index is -0.775. The number of rotatable bonds is 8. The smallest absolute Gasteiger partial charge is 0.0994 e. The SMILES string of the molecule is CCC(CC)CN(CC)CC(C)(O)c1ccccc1. The highest BCUT2D eigenvalue weighted by molar-refractivity contribution is 5.21. The number of hydrogen-bond acceptors (Lipinski definition) is 2. The van der Waals surface area contributed by atoms with E-state index in [1.165, 1.54) is 12.8 Å². The molecular weight excluding hydrogens is 234 g/mol. The second-order valence-electron chi connectivity index (χ2n) is 5.65. The highest BCUT2D eigenvalue weighted by Crippen LogP contribution is 2.22. The lowest BCUT2D eigenvalue weighted by atomic mass is 9.94. The number of nitrogens with zero attached hydrogens (tertiary/aromatic N) is 1. The zero-order chi connectivity index (χ0) is 14.3. The van der Waals surface area contributed by atoms with Gasteiger partial charge in [0.1, 0.15) is 0 Å². The molecule has 1 rings (SSSR count). The topological polar surface area (TPSA) is 23.5 Å². The van der Waals surface area contributed by atoms with Crippen molar-refractivity contribution in [2.45, 2.75) is 46.1 Å². The summed E-state index contributed by atoms with van der Waals surface area (Å²) < 4.78 is 0. The highest BCUT2D eigenvalue weighted by Gasteiger charge is 2.26. The van der Waals surface area contributed by atoms with Gasteiger partial charge >= 0.3 is 0 Å². The fourth-order valence-electron chi connectivity index (χ4n) is 2.54. The van der Waals surface area contributed by atoms with Gasteiger partial charge in [0, 0.05) is 13.1 Å². The molecule has 1 atom stereocenters. The largest absolute Gasteiger partial charge is 0.384 e. The van der Waals surface area contributed by atoms with Crippen LogP contribution in [0.1, 0.15) is 46.1 Å². The van der Waals surface area contributed by atoms with Crippen LogP contribution in [-0.4, -0.2) is 29.6 Å². The molecule has 0 aliphatic rings. The lowest BCUT2D eigenvalue weighted by Gasteiger charge is -2.33. The Hall–Kier alpha value is -0.860. The fraction of sp³-hybridized carbons (Fsp3) is 0.647. The molecule has 0 bridgehead atoms. The third kappa shape index (κ3) is 4.96. The van der Waals surface area contributed by atoms with E-state index < -0.39 is 5.60 Å². The highest BCUT2D eigenvalue weighted by atomic mass is 16.3. The van der Waals surface area contributed by atoms with E-state index in [4.69, 9.17) is 0 Å². The van der Waals surface area contributed by atoms with Gasteiger partial charge in [-0.2, -0.15) is 0 Å². The van der Waals surface area contributed by atoms with Crippen LogP contribution in [0, 0.1) is 5.92 Å². The van der Waals surface area contributed by atoms with Crippen molar-refractivity contribution in [3.05, 3.63) is 35.9 Å². The summed E-state index contributed by atoms with van der Waals surface area (Å²) >= 11 is 0. The second-order valence-corrected chi connectivity index (χ2v) is 5.65. The van der Waals surface area contributed by atoms with Crippen molar-refractivity contribution in [1.82, 2.24) is 4.90 Å². The van der Waals surface area contributed by atoms with Crippen molar-refractivity contribution >= 4 is 0 Å². The molecule has 2 heteroatoms. The Bertz CT molecular complexity index is 344. The van der Waals surface area contributed by atoms with Gasteiger partial charge in [0.05, 0.1) is 5.60 Å². The molecule has 1 aromatic rings. The zero-order valence-corrected chi connectivity index (χ0v) is 12.9. The van der Waals surface area contributed by atoms with Gasteiger partial charge in [0.15, 0.2) is 0 Å². The minimum Gasteiger partial charge on any atom is -0.384 e. The van der Waals surface area contributed by atoms with Crippen LogP contribution in [0.4, 0.5) is 0 Å². The normalized spacial score (nSPS) is 14.9. The second kappa shape index (κ2) is 7.66. The first kappa shape index (κ1) is 16.2. The summed E-state index contributed by atoms with van der Waals surface area (Å²) in [6, 6.07) is 9.97. The molecule has 0 amide bonds. The van der Waals surface area contributed by atoms with Gasteiger partial charge in [-0.25, -0.2) is 0 Å². The molecule has 0 aliphatic carbocycles. The third-order valence-electron chi connectivity index (χ3n) is 4.05. The van der Waals surface area contributed by atoms with Crippen molar-refractivity contribution in [2.24, 2.45) is 5.92 Å². The van der Waals surface area contributed by atoms with Crippen LogP contribution in [0.5, 0.6) is 0 Å². The van der Waals surface area contributed by atoms with E-state index >= 15 is 0 Å². The molecular formula is C17H29NO. The van der Waals surface area contributed by atoms with E-state index in [9.17, 15) is 5.11 Å². The van der Waals surface area contributed by atoms with Crippen molar-refractivity contribution < 1.29 is 5.11 Å². The Morgan fingerprint density at radius 1 is 1.11 bits per heavy atom. The van der Waals surface area contributed by atoms with E-state index in [2.05, 4.69) is 25.7 Å². The van der Waals surface area contributed by atoms with Gasteiger partial charge in [-0.15, -0.1) is 0 Å². The summed E-state index contributed by atoms with van der Waals surface area (Å²) in [5.74, 6) is 0.728. The average Bonchev–Trinajstić information content (AvgIpc) is 2.44. The zero-order valence-electron chi connectivity index (χ0n) is 12.9. The first-order chi connectivity index (χ1) is 9.03. The molecule has 0 heterocycles. The monoisotopic (exact) mass is 263 g/mol. The molecule has 19 heavy (non-hydrogen) atoms. The first-order valence-electron chi connectivity index (χ1n) is 7.53.